The Balaban J connectivity index is 1.50. The fraction of sp³-hybridized carbons (Fsp3) is 0.241. The van der Waals surface area contributed by atoms with Crippen LogP contribution in [0.4, 0.5) is 13.2 Å². The number of hydrogen-bond acceptors (Lipinski definition) is 7. The molecule has 0 spiro atoms. The van der Waals surface area contributed by atoms with Crippen molar-refractivity contribution in [3.63, 3.8) is 0 Å². The second-order valence-electron chi connectivity index (χ2n) is 9.26. The van der Waals surface area contributed by atoms with E-state index in [1.54, 1.807) is 23.1 Å². The van der Waals surface area contributed by atoms with Gasteiger partial charge in [-0.1, -0.05) is 36.2 Å². The van der Waals surface area contributed by atoms with E-state index in [0.717, 1.165) is 5.56 Å². The SMILES string of the molecule is CCCOC(=O)c1ccc(Oc2c(C(F)(F)F)oc3c4c(ccc3c2=O)OCN(Cc2ccc(Cl)cc2Cl)C4)cc1. The zero-order chi connectivity index (χ0) is 29.3. The number of halogens is 5. The molecule has 0 saturated carbocycles. The van der Waals surface area contributed by atoms with Crippen molar-refractivity contribution in [3.05, 3.63) is 97.3 Å². The summed E-state index contributed by atoms with van der Waals surface area (Å²) < 4.78 is 64.1. The summed E-state index contributed by atoms with van der Waals surface area (Å²) in [6.07, 6.45) is -4.42. The molecule has 0 amide bonds. The first-order valence-corrected chi connectivity index (χ1v) is 13.2. The molecular formula is C29H22Cl2F3NO6. The van der Waals surface area contributed by atoms with E-state index in [1.807, 2.05) is 6.92 Å². The highest BCUT2D eigenvalue weighted by Gasteiger charge is 2.41. The summed E-state index contributed by atoms with van der Waals surface area (Å²) in [6, 6.07) is 13.1. The van der Waals surface area contributed by atoms with Gasteiger partial charge < -0.3 is 18.6 Å². The lowest BCUT2D eigenvalue weighted by atomic mass is 10.1. The molecule has 0 radical (unpaired) electrons. The van der Waals surface area contributed by atoms with E-state index < -0.39 is 29.1 Å². The number of fused-ring (bicyclic) bond motifs is 3. The molecule has 0 bridgehead atoms. The van der Waals surface area contributed by atoms with Crippen molar-refractivity contribution in [3.8, 4) is 17.2 Å². The molecule has 1 aliphatic rings. The van der Waals surface area contributed by atoms with Crippen LogP contribution in [-0.4, -0.2) is 24.2 Å². The maximum absolute atomic E-state index is 14.2. The molecule has 7 nitrogen and oxygen atoms in total. The monoisotopic (exact) mass is 607 g/mol. The molecule has 2 heterocycles. The molecule has 0 saturated heterocycles. The number of esters is 1. The first-order chi connectivity index (χ1) is 19.5. The second kappa shape index (κ2) is 11.6. The first-order valence-electron chi connectivity index (χ1n) is 12.5. The minimum atomic E-state index is -5.05. The highest BCUT2D eigenvalue weighted by atomic mass is 35.5. The number of nitrogens with zero attached hydrogens (tertiary/aromatic N) is 1. The van der Waals surface area contributed by atoms with Gasteiger partial charge in [-0.15, -0.1) is 0 Å². The molecule has 0 unspecified atom stereocenters. The van der Waals surface area contributed by atoms with E-state index >= 15 is 0 Å². The van der Waals surface area contributed by atoms with Gasteiger partial charge in [0.1, 0.15) is 23.8 Å². The van der Waals surface area contributed by atoms with E-state index in [4.69, 9.17) is 41.8 Å². The Morgan fingerprint density at radius 1 is 1.07 bits per heavy atom. The predicted octanol–water partition coefficient (Wildman–Crippen LogP) is 7.83. The summed E-state index contributed by atoms with van der Waals surface area (Å²) in [4.78, 5) is 27.2. The fourth-order valence-corrected chi connectivity index (χ4v) is 4.79. The van der Waals surface area contributed by atoms with Crippen LogP contribution in [0.5, 0.6) is 17.2 Å². The highest BCUT2D eigenvalue weighted by Crippen LogP contribution is 2.41. The third kappa shape index (κ3) is 6.14. The topological polar surface area (TPSA) is 78.2 Å². The molecule has 0 atom stereocenters. The van der Waals surface area contributed by atoms with Crippen LogP contribution >= 0.6 is 23.2 Å². The Kier molecular flexibility index (Phi) is 8.17. The fourth-order valence-electron chi connectivity index (χ4n) is 4.32. The van der Waals surface area contributed by atoms with Crippen LogP contribution in [0.3, 0.4) is 0 Å². The Hall–Kier alpha value is -3.73. The Morgan fingerprint density at radius 3 is 2.51 bits per heavy atom. The van der Waals surface area contributed by atoms with E-state index in [2.05, 4.69) is 0 Å². The van der Waals surface area contributed by atoms with Crippen LogP contribution in [0.15, 0.2) is 63.8 Å². The van der Waals surface area contributed by atoms with Gasteiger partial charge in [-0.25, -0.2) is 4.79 Å². The summed E-state index contributed by atoms with van der Waals surface area (Å²) in [5.74, 6) is -2.99. The standard InChI is InChI=1S/C29H22Cl2F3NO6/c1-2-11-38-28(37)16-4-7-19(8-5-16)40-26-24(36)20-9-10-23-21(25(20)41-27(26)29(32,33)34)14-35(15-39-23)13-17-3-6-18(30)12-22(17)31/h3-10,12H,2,11,13-15H2,1H3. The largest absolute Gasteiger partial charge is 0.478 e. The zero-order valence-corrected chi connectivity index (χ0v) is 23.0. The van der Waals surface area contributed by atoms with Gasteiger partial charge in [-0.2, -0.15) is 13.2 Å². The summed E-state index contributed by atoms with van der Waals surface area (Å²) >= 11 is 12.3. The Morgan fingerprint density at radius 2 is 1.83 bits per heavy atom. The number of carbonyl (C=O) groups is 1. The van der Waals surface area contributed by atoms with Crippen molar-refractivity contribution in [1.29, 1.82) is 0 Å². The molecule has 4 aromatic rings. The van der Waals surface area contributed by atoms with Crippen molar-refractivity contribution >= 4 is 40.1 Å². The molecule has 3 aromatic carbocycles. The van der Waals surface area contributed by atoms with E-state index in [1.165, 1.54) is 36.4 Å². The lowest BCUT2D eigenvalue weighted by Crippen LogP contribution is -2.32. The van der Waals surface area contributed by atoms with Crippen LogP contribution in [0.2, 0.25) is 10.0 Å². The van der Waals surface area contributed by atoms with Crippen molar-refractivity contribution in [2.45, 2.75) is 32.6 Å². The minimum Gasteiger partial charge on any atom is -0.478 e. The Labute approximate surface area is 241 Å². The first kappa shape index (κ1) is 28.8. The third-order valence-electron chi connectivity index (χ3n) is 6.28. The number of ether oxygens (including phenoxy) is 3. The molecule has 0 aliphatic carbocycles. The molecule has 214 valence electrons. The normalized spacial score (nSPS) is 13.5. The number of alkyl halides is 3. The maximum atomic E-state index is 14.2. The lowest BCUT2D eigenvalue weighted by Gasteiger charge is -2.29. The number of carbonyl (C=O) groups excluding carboxylic acids is 1. The second-order valence-corrected chi connectivity index (χ2v) is 10.1. The van der Waals surface area contributed by atoms with Crippen LogP contribution in [0.25, 0.3) is 11.0 Å². The van der Waals surface area contributed by atoms with Gasteiger partial charge in [-0.3, -0.25) is 9.69 Å². The van der Waals surface area contributed by atoms with E-state index in [0.29, 0.717) is 28.8 Å². The number of rotatable bonds is 7. The predicted molar refractivity (Wildman–Crippen MR) is 146 cm³/mol. The van der Waals surface area contributed by atoms with Crippen molar-refractivity contribution in [2.24, 2.45) is 0 Å². The Bertz CT molecular complexity index is 1670. The molecule has 0 N–H and O–H groups in total. The van der Waals surface area contributed by atoms with Gasteiger partial charge in [0.25, 0.3) is 5.76 Å². The summed E-state index contributed by atoms with van der Waals surface area (Å²) in [5.41, 5.74) is -0.0636. The van der Waals surface area contributed by atoms with Gasteiger partial charge >= 0.3 is 12.1 Å². The van der Waals surface area contributed by atoms with Crippen LogP contribution in [0.1, 0.15) is 40.6 Å². The van der Waals surface area contributed by atoms with Crippen LogP contribution < -0.4 is 14.9 Å². The van der Waals surface area contributed by atoms with Gasteiger partial charge in [0.2, 0.25) is 11.2 Å². The average Bonchev–Trinajstić information content (AvgIpc) is 2.94. The van der Waals surface area contributed by atoms with Gasteiger partial charge in [0.05, 0.1) is 23.1 Å². The van der Waals surface area contributed by atoms with E-state index in [9.17, 15) is 22.8 Å². The molecule has 5 rings (SSSR count). The zero-order valence-electron chi connectivity index (χ0n) is 21.5. The average molecular weight is 608 g/mol. The molecule has 41 heavy (non-hydrogen) atoms. The van der Waals surface area contributed by atoms with E-state index in [-0.39, 0.29) is 47.7 Å². The van der Waals surface area contributed by atoms with Crippen LogP contribution in [0, 0.1) is 0 Å². The number of benzene rings is 3. The summed E-state index contributed by atoms with van der Waals surface area (Å²) in [5, 5.41) is 0.788. The maximum Gasteiger partial charge on any atom is 0.453 e. The highest BCUT2D eigenvalue weighted by molar-refractivity contribution is 6.35. The van der Waals surface area contributed by atoms with Gasteiger partial charge in [-0.05, 0) is 60.5 Å². The molecule has 12 heteroatoms. The molecule has 0 fully saturated rings. The van der Waals surface area contributed by atoms with Crippen molar-refractivity contribution in [1.82, 2.24) is 4.90 Å². The summed E-state index contributed by atoms with van der Waals surface area (Å²) in [7, 11) is 0. The van der Waals surface area contributed by atoms with Crippen LogP contribution in [-0.2, 0) is 24.0 Å². The minimum absolute atomic E-state index is 0.0958. The van der Waals surface area contributed by atoms with Gasteiger partial charge in [0.15, 0.2) is 0 Å². The third-order valence-corrected chi connectivity index (χ3v) is 6.86. The molecule has 1 aromatic heterocycles. The smallest absolute Gasteiger partial charge is 0.453 e. The van der Waals surface area contributed by atoms with Gasteiger partial charge in [0, 0.05) is 23.1 Å². The summed E-state index contributed by atoms with van der Waals surface area (Å²) in [6.45, 7) is 2.64. The lowest BCUT2D eigenvalue weighted by molar-refractivity contribution is -0.154. The van der Waals surface area contributed by atoms with Crippen molar-refractivity contribution < 1.29 is 36.6 Å². The molecule has 1 aliphatic heterocycles. The quantitative estimate of drug-likeness (QED) is 0.198. The number of hydrogen-bond donors (Lipinski definition) is 0. The van der Waals surface area contributed by atoms with Crippen molar-refractivity contribution in [2.75, 3.05) is 13.3 Å². The molecular weight excluding hydrogens is 586 g/mol.